The van der Waals surface area contributed by atoms with Gasteiger partial charge in [0, 0.05) is 28.9 Å². The van der Waals surface area contributed by atoms with Gasteiger partial charge in [-0.15, -0.1) is 0 Å². The van der Waals surface area contributed by atoms with Crippen LogP contribution in [0.15, 0.2) is 0 Å². The molecule has 0 radical (unpaired) electrons. The largest absolute Gasteiger partial charge is 0.459 e. The summed E-state index contributed by atoms with van der Waals surface area (Å²) in [6.45, 7) is 3.57. The van der Waals surface area contributed by atoms with Gasteiger partial charge in [-0.25, -0.2) is 4.79 Å². The summed E-state index contributed by atoms with van der Waals surface area (Å²) in [4.78, 5) is 22.0. The van der Waals surface area contributed by atoms with Crippen LogP contribution in [-0.4, -0.2) is 40.7 Å². The molecule has 2 atom stereocenters. The van der Waals surface area contributed by atoms with E-state index < -0.39 is 22.7 Å². The number of nitrogens with one attached hydrogen (secondary N) is 1. The van der Waals surface area contributed by atoms with Gasteiger partial charge in [0.1, 0.15) is 0 Å². The molecule has 0 fully saturated rings. The average molecular weight is 235 g/mol. The summed E-state index contributed by atoms with van der Waals surface area (Å²) >= 11 is 0. The van der Waals surface area contributed by atoms with Crippen LogP contribution in [0.3, 0.4) is 0 Å². The fourth-order valence-corrected chi connectivity index (χ4v) is 1.58. The number of ether oxygens (including phenoxy) is 1. The van der Waals surface area contributed by atoms with Gasteiger partial charge in [-0.2, -0.15) is 0 Å². The molecule has 0 saturated carbocycles. The topological polar surface area (TPSA) is 72.5 Å². The van der Waals surface area contributed by atoms with Crippen LogP contribution in [0.5, 0.6) is 0 Å². The fourth-order valence-electron chi connectivity index (χ4n) is 0.894. The van der Waals surface area contributed by atoms with Gasteiger partial charge >= 0.3 is 11.9 Å². The first-order chi connectivity index (χ1) is 6.97. The summed E-state index contributed by atoms with van der Waals surface area (Å²) in [7, 11) is -0.883. The molecule has 0 bridgehead atoms. The molecule has 2 unspecified atom stereocenters. The van der Waals surface area contributed by atoms with Crippen molar-refractivity contribution in [2.24, 2.45) is 0 Å². The van der Waals surface area contributed by atoms with Crippen molar-refractivity contribution in [1.29, 1.82) is 0 Å². The third-order valence-corrected chi connectivity index (χ3v) is 2.49. The van der Waals surface area contributed by atoms with Crippen LogP contribution >= 0.6 is 0 Å². The van der Waals surface area contributed by atoms with Crippen LogP contribution in [0, 0.1) is 0 Å². The van der Waals surface area contributed by atoms with Gasteiger partial charge in [0.05, 0.1) is 6.61 Å². The standard InChI is InChI=1S/C9H17NO4S/c1-4-14-9(12)8(11)10-7(2)5-6-15(3)13/h7H,4-6H2,1-3H3,(H,10,11). The van der Waals surface area contributed by atoms with E-state index in [4.69, 9.17) is 0 Å². The highest BCUT2D eigenvalue weighted by molar-refractivity contribution is 7.84. The van der Waals surface area contributed by atoms with Gasteiger partial charge in [0.25, 0.3) is 0 Å². The smallest absolute Gasteiger partial charge is 0.396 e. The van der Waals surface area contributed by atoms with E-state index in [1.807, 2.05) is 0 Å². The molecule has 88 valence electrons. The Morgan fingerprint density at radius 2 is 2.07 bits per heavy atom. The van der Waals surface area contributed by atoms with Gasteiger partial charge in [-0.05, 0) is 20.3 Å². The minimum atomic E-state index is -0.883. The van der Waals surface area contributed by atoms with Crippen LogP contribution in [0.4, 0.5) is 0 Å². The van der Waals surface area contributed by atoms with Crippen LogP contribution in [0.2, 0.25) is 0 Å². The lowest BCUT2D eigenvalue weighted by molar-refractivity contribution is -0.154. The Hall–Kier alpha value is -0.910. The Bertz CT molecular complexity index is 254. The Labute approximate surface area is 92.0 Å². The van der Waals surface area contributed by atoms with E-state index >= 15 is 0 Å². The van der Waals surface area contributed by atoms with Crippen molar-refractivity contribution in [2.75, 3.05) is 18.6 Å². The quantitative estimate of drug-likeness (QED) is 0.530. The van der Waals surface area contributed by atoms with Crippen LogP contribution < -0.4 is 5.32 Å². The normalized spacial score (nSPS) is 14.1. The second-order valence-electron chi connectivity index (χ2n) is 3.16. The average Bonchev–Trinajstić information content (AvgIpc) is 2.15. The predicted molar refractivity (Wildman–Crippen MR) is 57.8 cm³/mol. The van der Waals surface area contributed by atoms with E-state index in [-0.39, 0.29) is 12.6 Å². The number of hydrogen-bond acceptors (Lipinski definition) is 4. The van der Waals surface area contributed by atoms with Crippen LogP contribution in [0.25, 0.3) is 0 Å². The lowest BCUT2D eigenvalue weighted by Crippen LogP contribution is -2.39. The molecule has 0 spiro atoms. The zero-order valence-corrected chi connectivity index (χ0v) is 10.1. The molecule has 0 saturated heterocycles. The third kappa shape index (κ3) is 7.07. The van der Waals surface area contributed by atoms with Crippen molar-refractivity contribution in [3.63, 3.8) is 0 Å². The number of hydrogen-bond donors (Lipinski definition) is 1. The van der Waals surface area contributed by atoms with Gasteiger partial charge in [-0.3, -0.25) is 9.00 Å². The zero-order valence-electron chi connectivity index (χ0n) is 9.24. The van der Waals surface area contributed by atoms with Crippen molar-refractivity contribution in [3.05, 3.63) is 0 Å². The van der Waals surface area contributed by atoms with E-state index in [2.05, 4.69) is 10.1 Å². The minimum Gasteiger partial charge on any atom is -0.459 e. The minimum absolute atomic E-state index is 0.175. The van der Waals surface area contributed by atoms with Crippen LogP contribution in [0.1, 0.15) is 20.3 Å². The molecule has 0 aromatic carbocycles. The molecular weight excluding hydrogens is 218 g/mol. The molecule has 0 aliphatic heterocycles. The molecule has 0 rings (SSSR count). The van der Waals surface area contributed by atoms with E-state index in [0.29, 0.717) is 12.2 Å². The summed E-state index contributed by atoms with van der Waals surface area (Å²) in [5, 5.41) is 2.47. The van der Waals surface area contributed by atoms with Gasteiger partial charge in [0.15, 0.2) is 0 Å². The summed E-state index contributed by atoms with van der Waals surface area (Å²) < 4.78 is 15.3. The zero-order chi connectivity index (χ0) is 11.8. The van der Waals surface area contributed by atoms with Crippen molar-refractivity contribution < 1.29 is 18.5 Å². The summed E-state index contributed by atoms with van der Waals surface area (Å²) in [6, 6.07) is -0.175. The number of rotatable bonds is 5. The van der Waals surface area contributed by atoms with Crippen molar-refractivity contribution in [1.82, 2.24) is 5.32 Å². The molecule has 5 nitrogen and oxygen atoms in total. The Morgan fingerprint density at radius 1 is 1.47 bits per heavy atom. The highest BCUT2D eigenvalue weighted by Gasteiger charge is 2.16. The maximum absolute atomic E-state index is 11.1. The van der Waals surface area contributed by atoms with E-state index in [9.17, 15) is 13.8 Å². The number of carbonyl (C=O) groups is 2. The predicted octanol–water partition coefficient (Wildman–Crippen LogP) is -0.177. The lowest BCUT2D eigenvalue weighted by Gasteiger charge is -2.11. The van der Waals surface area contributed by atoms with Crippen molar-refractivity contribution >= 4 is 22.7 Å². The lowest BCUT2D eigenvalue weighted by atomic mass is 10.2. The van der Waals surface area contributed by atoms with Crippen LogP contribution in [-0.2, 0) is 25.1 Å². The SMILES string of the molecule is CCOC(=O)C(=O)NC(C)CCS(C)=O. The van der Waals surface area contributed by atoms with Crippen molar-refractivity contribution in [3.8, 4) is 0 Å². The highest BCUT2D eigenvalue weighted by atomic mass is 32.2. The van der Waals surface area contributed by atoms with Gasteiger partial charge in [0.2, 0.25) is 0 Å². The summed E-state index contributed by atoms with van der Waals surface area (Å²) in [5.74, 6) is -1.11. The molecule has 0 aliphatic carbocycles. The molecule has 6 heteroatoms. The molecule has 0 aromatic heterocycles. The monoisotopic (exact) mass is 235 g/mol. The Balaban J connectivity index is 3.85. The van der Waals surface area contributed by atoms with Crippen molar-refractivity contribution in [2.45, 2.75) is 26.3 Å². The van der Waals surface area contributed by atoms with E-state index in [1.165, 1.54) is 0 Å². The molecule has 0 heterocycles. The molecular formula is C9H17NO4S. The highest BCUT2D eigenvalue weighted by Crippen LogP contribution is 1.93. The number of esters is 1. The fraction of sp³-hybridized carbons (Fsp3) is 0.778. The number of carbonyl (C=O) groups excluding carboxylic acids is 2. The maximum atomic E-state index is 11.1. The summed E-state index contributed by atoms with van der Waals surface area (Å²) in [6.07, 6.45) is 2.17. The Morgan fingerprint density at radius 3 is 2.53 bits per heavy atom. The first-order valence-electron chi connectivity index (χ1n) is 4.75. The van der Waals surface area contributed by atoms with E-state index in [0.717, 1.165) is 0 Å². The first kappa shape index (κ1) is 14.1. The first-order valence-corrected chi connectivity index (χ1v) is 6.47. The van der Waals surface area contributed by atoms with Gasteiger partial charge in [-0.1, -0.05) is 0 Å². The van der Waals surface area contributed by atoms with E-state index in [1.54, 1.807) is 20.1 Å². The maximum Gasteiger partial charge on any atom is 0.396 e. The summed E-state index contributed by atoms with van der Waals surface area (Å²) in [5.41, 5.74) is 0. The van der Waals surface area contributed by atoms with Gasteiger partial charge < -0.3 is 10.1 Å². The third-order valence-electron chi connectivity index (χ3n) is 1.68. The molecule has 15 heavy (non-hydrogen) atoms. The second kappa shape index (κ2) is 7.39. The molecule has 0 aliphatic rings. The molecule has 1 amide bonds. The molecule has 0 aromatic rings. The molecule has 1 N–H and O–H groups in total. The Kier molecular flexibility index (Phi) is 6.94. The number of amides is 1. The second-order valence-corrected chi connectivity index (χ2v) is 4.72.